The molecule has 17 heavy (non-hydrogen) atoms. The molecule has 0 saturated heterocycles. The van der Waals surface area contributed by atoms with E-state index in [0.717, 1.165) is 16.9 Å². The molecule has 1 aromatic carbocycles. The Balaban J connectivity index is 1.98. The number of benzene rings is 1. The first-order chi connectivity index (χ1) is 8.16. The molecule has 0 bridgehead atoms. The summed E-state index contributed by atoms with van der Waals surface area (Å²) in [6.45, 7) is 5.94. The van der Waals surface area contributed by atoms with Crippen LogP contribution >= 0.6 is 0 Å². The van der Waals surface area contributed by atoms with Gasteiger partial charge in [0.2, 0.25) is 0 Å². The molecule has 2 N–H and O–H groups in total. The second-order valence-corrected chi connectivity index (χ2v) is 4.83. The Morgan fingerprint density at radius 1 is 1.24 bits per heavy atom. The lowest BCUT2D eigenvalue weighted by Gasteiger charge is -2.15. The molecule has 0 atom stereocenters. The highest BCUT2D eigenvalue weighted by molar-refractivity contribution is 5.96. The highest BCUT2D eigenvalue weighted by atomic mass is 14.9. The van der Waals surface area contributed by atoms with E-state index in [1.165, 1.54) is 25.7 Å². The molecule has 90 valence electrons. The zero-order valence-corrected chi connectivity index (χ0v) is 10.4. The quantitative estimate of drug-likeness (QED) is 0.745. The first-order valence-corrected chi connectivity index (χ1v) is 6.28. The van der Waals surface area contributed by atoms with E-state index in [1.807, 2.05) is 24.3 Å². The maximum atomic E-state index is 7.55. The van der Waals surface area contributed by atoms with Crippen molar-refractivity contribution in [2.75, 3.05) is 5.32 Å². The zero-order valence-electron chi connectivity index (χ0n) is 10.4. The van der Waals surface area contributed by atoms with Crippen LogP contribution in [0.1, 0.15) is 38.2 Å². The molecule has 0 aromatic heterocycles. The van der Waals surface area contributed by atoms with E-state index in [4.69, 9.17) is 5.41 Å². The van der Waals surface area contributed by atoms with Crippen LogP contribution < -0.4 is 5.32 Å². The minimum absolute atomic E-state index is 0.603. The predicted octanol–water partition coefficient (Wildman–Crippen LogP) is 4.19. The molecule has 1 fully saturated rings. The summed E-state index contributed by atoms with van der Waals surface area (Å²) in [7, 11) is 0. The van der Waals surface area contributed by atoms with E-state index in [0.29, 0.717) is 11.6 Å². The zero-order chi connectivity index (χ0) is 12.3. The van der Waals surface area contributed by atoms with Gasteiger partial charge in [0.25, 0.3) is 0 Å². The number of anilines is 1. The first kappa shape index (κ1) is 11.9. The van der Waals surface area contributed by atoms with Gasteiger partial charge in [-0.15, -0.1) is 0 Å². The Morgan fingerprint density at radius 2 is 1.82 bits per heavy atom. The lowest BCUT2D eigenvalue weighted by Crippen LogP contribution is -2.07. The largest absolute Gasteiger partial charge is 0.359 e. The maximum Gasteiger partial charge on any atom is 0.0382 e. The molecule has 2 rings (SSSR count). The second kappa shape index (κ2) is 5.17. The van der Waals surface area contributed by atoms with Crippen molar-refractivity contribution in [1.82, 2.24) is 0 Å². The van der Waals surface area contributed by atoms with Crippen LogP contribution in [-0.2, 0) is 0 Å². The molecule has 1 aromatic rings. The summed E-state index contributed by atoms with van der Waals surface area (Å²) < 4.78 is 0. The summed E-state index contributed by atoms with van der Waals surface area (Å²) in [5, 5.41) is 10.9. The van der Waals surface area contributed by atoms with Gasteiger partial charge in [-0.1, -0.05) is 31.6 Å². The number of rotatable bonds is 4. The van der Waals surface area contributed by atoms with Gasteiger partial charge < -0.3 is 10.7 Å². The summed E-state index contributed by atoms with van der Waals surface area (Å²) in [6, 6.07) is 8.00. The van der Waals surface area contributed by atoms with E-state index < -0.39 is 0 Å². The van der Waals surface area contributed by atoms with Crippen molar-refractivity contribution in [2.45, 2.75) is 32.6 Å². The molecule has 0 aliphatic heterocycles. The van der Waals surface area contributed by atoms with Gasteiger partial charge in [-0.05, 0) is 43.4 Å². The highest BCUT2D eigenvalue weighted by Gasteiger charge is 2.17. The van der Waals surface area contributed by atoms with Crippen LogP contribution in [0.2, 0.25) is 0 Å². The average molecular weight is 228 g/mol. The molecular formula is C15H20N2. The summed E-state index contributed by atoms with van der Waals surface area (Å²) in [4.78, 5) is 0. The third kappa shape index (κ3) is 2.96. The SMILES string of the molecule is C=C(Nc1ccc(C(C)=N)cc1)C1CCCC1. The van der Waals surface area contributed by atoms with E-state index in [9.17, 15) is 0 Å². The van der Waals surface area contributed by atoms with Gasteiger partial charge in [0.1, 0.15) is 0 Å². The number of nitrogens with one attached hydrogen (secondary N) is 2. The monoisotopic (exact) mass is 228 g/mol. The lowest BCUT2D eigenvalue weighted by atomic mass is 10.0. The minimum Gasteiger partial charge on any atom is -0.359 e. The summed E-state index contributed by atoms with van der Waals surface area (Å²) in [5.41, 5.74) is 3.79. The number of hydrogen-bond donors (Lipinski definition) is 2. The smallest absolute Gasteiger partial charge is 0.0382 e. The molecule has 0 spiro atoms. The summed E-state index contributed by atoms with van der Waals surface area (Å²) in [5.74, 6) is 0.638. The van der Waals surface area contributed by atoms with E-state index in [2.05, 4.69) is 11.9 Å². The fraction of sp³-hybridized carbons (Fsp3) is 0.400. The fourth-order valence-electron chi connectivity index (χ4n) is 2.37. The van der Waals surface area contributed by atoms with Crippen LogP contribution in [0.15, 0.2) is 36.5 Å². The van der Waals surface area contributed by atoms with Crippen molar-refractivity contribution in [3.05, 3.63) is 42.1 Å². The van der Waals surface area contributed by atoms with Gasteiger partial charge in [-0.25, -0.2) is 0 Å². The molecule has 2 nitrogen and oxygen atoms in total. The molecule has 0 unspecified atom stereocenters. The standard InChI is InChI=1S/C15H20N2/c1-11(16)13-7-9-15(10-8-13)17-12(2)14-5-3-4-6-14/h7-10,14,16-17H,2-6H2,1H3. The van der Waals surface area contributed by atoms with Gasteiger partial charge in [0, 0.05) is 17.1 Å². The van der Waals surface area contributed by atoms with Crippen LogP contribution in [0.25, 0.3) is 0 Å². The van der Waals surface area contributed by atoms with E-state index in [-0.39, 0.29) is 0 Å². The molecule has 1 aliphatic carbocycles. The van der Waals surface area contributed by atoms with Gasteiger partial charge in [-0.2, -0.15) is 0 Å². The van der Waals surface area contributed by atoms with Crippen molar-refractivity contribution < 1.29 is 0 Å². The Bertz CT molecular complexity index is 411. The molecular weight excluding hydrogens is 208 g/mol. The topological polar surface area (TPSA) is 35.9 Å². The predicted molar refractivity (Wildman–Crippen MR) is 73.7 cm³/mol. The van der Waals surface area contributed by atoms with Crippen molar-refractivity contribution >= 4 is 11.4 Å². The Labute approximate surface area is 103 Å². The van der Waals surface area contributed by atoms with Crippen LogP contribution in [0.4, 0.5) is 5.69 Å². The van der Waals surface area contributed by atoms with Crippen LogP contribution in [0.5, 0.6) is 0 Å². The van der Waals surface area contributed by atoms with Crippen molar-refractivity contribution in [3.8, 4) is 0 Å². The molecule has 1 aliphatic rings. The Kier molecular flexibility index (Phi) is 3.62. The Hall–Kier alpha value is -1.57. The maximum absolute atomic E-state index is 7.55. The van der Waals surface area contributed by atoms with Crippen LogP contribution in [0.3, 0.4) is 0 Å². The van der Waals surface area contributed by atoms with Gasteiger partial charge in [0.05, 0.1) is 0 Å². The fourth-order valence-corrected chi connectivity index (χ4v) is 2.37. The lowest BCUT2D eigenvalue weighted by molar-refractivity contribution is 0.649. The molecule has 2 heteroatoms. The molecule has 0 amide bonds. The third-order valence-corrected chi connectivity index (χ3v) is 3.47. The highest BCUT2D eigenvalue weighted by Crippen LogP contribution is 2.30. The van der Waals surface area contributed by atoms with Crippen molar-refractivity contribution in [3.63, 3.8) is 0 Å². The van der Waals surface area contributed by atoms with Crippen molar-refractivity contribution in [1.29, 1.82) is 5.41 Å². The Morgan fingerprint density at radius 3 is 2.35 bits per heavy atom. The second-order valence-electron chi connectivity index (χ2n) is 4.83. The number of allylic oxidation sites excluding steroid dienone is 1. The van der Waals surface area contributed by atoms with Gasteiger partial charge in [0.15, 0.2) is 0 Å². The van der Waals surface area contributed by atoms with Crippen molar-refractivity contribution in [2.24, 2.45) is 5.92 Å². The normalized spacial score (nSPS) is 15.8. The number of hydrogen-bond acceptors (Lipinski definition) is 2. The van der Waals surface area contributed by atoms with Gasteiger partial charge >= 0.3 is 0 Å². The average Bonchev–Trinajstić information content (AvgIpc) is 2.83. The van der Waals surface area contributed by atoms with Crippen LogP contribution in [0, 0.1) is 11.3 Å². The molecule has 1 saturated carbocycles. The summed E-state index contributed by atoms with van der Waals surface area (Å²) >= 11 is 0. The first-order valence-electron chi connectivity index (χ1n) is 6.28. The van der Waals surface area contributed by atoms with Gasteiger partial charge in [-0.3, -0.25) is 0 Å². The minimum atomic E-state index is 0.603. The molecule has 0 radical (unpaired) electrons. The van der Waals surface area contributed by atoms with E-state index >= 15 is 0 Å². The summed E-state index contributed by atoms with van der Waals surface area (Å²) in [6.07, 6.45) is 5.20. The third-order valence-electron chi connectivity index (χ3n) is 3.47. The van der Waals surface area contributed by atoms with E-state index in [1.54, 1.807) is 6.92 Å². The van der Waals surface area contributed by atoms with Crippen LogP contribution in [-0.4, -0.2) is 5.71 Å². The molecule has 0 heterocycles.